The molecule has 0 aliphatic carbocycles. The molecule has 2 aromatic carbocycles. The number of rotatable bonds is 4. The zero-order valence-corrected chi connectivity index (χ0v) is 14.0. The Morgan fingerprint density at radius 1 is 1.24 bits per heavy atom. The van der Waals surface area contributed by atoms with Gasteiger partial charge in [0.1, 0.15) is 5.82 Å². The minimum Gasteiger partial charge on any atom is -0.481 e. The number of hydrogen-bond donors (Lipinski definition) is 1. The number of nitrogens with zero attached hydrogens (tertiary/aromatic N) is 1. The summed E-state index contributed by atoms with van der Waals surface area (Å²) >= 11 is 0. The number of carboxylic acids is 1. The minimum atomic E-state index is -0.928. The lowest BCUT2D eigenvalue weighted by Gasteiger charge is -2.33. The maximum Gasteiger partial charge on any atom is 0.312 e. The summed E-state index contributed by atoms with van der Waals surface area (Å²) in [6, 6.07) is 13.6. The summed E-state index contributed by atoms with van der Waals surface area (Å²) in [4.78, 5) is 25.9. The highest BCUT2D eigenvalue weighted by Crippen LogP contribution is 2.30. The van der Waals surface area contributed by atoms with E-state index in [0.29, 0.717) is 6.54 Å². The zero-order chi connectivity index (χ0) is 18.0. The first-order valence-corrected chi connectivity index (χ1v) is 8.29. The van der Waals surface area contributed by atoms with Gasteiger partial charge in [-0.3, -0.25) is 9.59 Å². The molecule has 25 heavy (non-hydrogen) atoms. The first kappa shape index (κ1) is 17.1. The normalized spacial score (nSPS) is 17.7. The van der Waals surface area contributed by atoms with Crippen LogP contribution in [0.1, 0.15) is 41.9 Å². The lowest BCUT2D eigenvalue weighted by Crippen LogP contribution is -2.40. The molecule has 1 N–H and O–H groups in total. The van der Waals surface area contributed by atoms with Crippen LogP contribution >= 0.6 is 0 Å². The summed E-state index contributed by atoms with van der Waals surface area (Å²) in [5.41, 5.74) is 2.41. The van der Waals surface area contributed by atoms with E-state index in [2.05, 4.69) is 0 Å². The molecule has 3 rings (SSSR count). The summed E-state index contributed by atoms with van der Waals surface area (Å²) < 4.78 is 13.4. The topological polar surface area (TPSA) is 57.6 Å². The molecule has 1 aliphatic heterocycles. The van der Waals surface area contributed by atoms with Gasteiger partial charge >= 0.3 is 5.97 Å². The SMILES string of the molecule is CC(CC(=O)N1Cc2ccccc2C(C(=O)O)C1)c1cccc(F)c1. The van der Waals surface area contributed by atoms with E-state index in [0.717, 1.165) is 16.7 Å². The molecule has 1 aliphatic rings. The van der Waals surface area contributed by atoms with Crippen LogP contribution in [0.25, 0.3) is 0 Å². The zero-order valence-electron chi connectivity index (χ0n) is 14.0. The Morgan fingerprint density at radius 3 is 2.72 bits per heavy atom. The van der Waals surface area contributed by atoms with Gasteiger partial charge in [0, 0.05) is 19.5 Å². The molecule has 0 saturated heterocycles. The molecule has 130 valence electrons. The largest absolute Gasteiger partial charge is 0.481 e. The van der Waals surface area contributed by atoms with Gasteiger partial charge in [-0.15, -0.1) is 0 Å². The maximum absolute atomic E-state index is 13.4. The summed E-state index contributed by atoms with van der Waals surface area (Å²) in [6.45, 7) is 2.45. The molecular weight excluding hydrogens is 321 g/mol. The number of aliphatic carboxylic acids is 1. The van der Waals surface area contributed by atoms with Crippen molar-refractivity contribution in [2.75, 3.05) is 6.54 Å². The molecule has 4 nitrogen and oxygen atoms in total. The monoisotopic (exact) mass is 341 g/mol. The van der Waals surface area contributed by atoms with E-state index in [9.17, 15) is 19.1 Å². The van der Waals surface area contributed by atoms with Gasteiger partial charge in [0.2, 0.25) is 5.91 Å². The van der Waals surface area contributed by atoms with Gasteiger partial charge in [-0.05, 0) is 34.7 Å². The smallest absolute Gasteiger partial charge is 0.312 e. The van der Waals surface area contributed by atoms with Crippen LogP contribution in [0.4, 0.5) is 4.39 Å². The van der Waals surface area contributed by atoms with Crippen LogP contribution in [0.2, 0.25) is 0 Å². The third kappa shape index (κ3) is 3.71. The molecule has 2 atom stereocenters. The summed E-state index contributed by atoms with van der Waals surface area (Å²) in [6.07, 6.45) is 0.220. The second-order valence-corrected chi connectivity index (χ2v) is 6.52. The fourth-order valence-electron chi connectivity index (χ4n) is 3.33. The van der Waals surface area contributed by atoms with Gasteiger partial charge in [-0.2, -0.15) is 0 Å². The van der Waals surface area contributed by atoms with E-state index < -0.39 is 11.9 Å². The van der Waals surface area contributed by atoms with Crippen LogP contribution in [0.5, 0.6) is 0 Å². The van der Waals surface area contributed by atoms with Gasteiger partial charge in [0.15, 0.2) is 0 Å². The van der Waals surface area contributed by atoms with Gasteiger partial charge in [-0.25, -0.2) is 4.39 Å². The summed E-state index contributed by atoms with van der Waals surface area (Å²) in [7, 11) is 0. The predicted molar refractivity (Wildman–Crippen MR) is 91.7 cm³/mol. The first-order chi connectivity index (χ1) is 12.0. The lowest BCUT2D eigenvalue weighted by atomic mass is 9.89. The molecule has 0 spiro atoms. The van der Waals surface area contributed by atoms with Crippen LogP contribution in [0.3, 0.4) is 0 Å². The van der Waals surface area contributed by atoms with Crippen molar-refractivity contribution in [1.29, 1.82) is 0 Å². The van der Waals surface area contributed by atoms with Crippen molar-refractivity contribution in [3.63, 3.8) is 0 Å². The van der Waals surface area contributed by atoms with E-state index >= 15 is 0 Å². The number of amides is 1. The number of carbonyl (C=O) groups is 2. The van der Waals surface area contributed by atoms with Crippen LogP contribution in [0.15, 0.2) is 48.5 Å². The standard InChI is InChI=1S/C20H20FNO3/c1-13(14-6-4-7-16(21)10-14)9-19(23)22-11-15-5-2-3-8-17(15)18(12-22)20(24)25/h2-8,10,13,18H,9,11-12H2,1H3,(H,24,25). The van der Waals surface area contributed by atoms with Gasteiger partial charge in [0.05, 0.1) is 5.92 Å². The maximum atomic E-state index is 13.4. The third-order valence-electron chi connectivity index (χ3n) is 4.74. The van der Waals surface area contributed by atoms with E-state index in [1.165, 1.54) is 12.1 Å². The minimum absolute atomic E-state index is 0.113. The Labute approximate surface area is 145 Å². The second kappa shape index (κ2) is 7.05. The third-order valence-corrected chi connectivity index (χ3v) is 4.74. The number of halogens is 1. The van der Waals surface area contributed by atoms with Gasteiger partial charge < -0.3 is 10.0 Å². The van der Waals surface area contributed by atoms with Crippen molar-refractivity contribution in [2.24, 2.45) is 0 Å². The molecule has 5 heteroatoms. The average molecular weight is 341 g/mol. The highest BCUT2D eigenvalue weighted by Gasteiger charge is 2.32. The van der Waals surface area contributed by atoms with Crippen molar-refractivity contribution in [2.45, 2.75) is 31.7 Å². The molecule has 0 fully saturated rings. The van der Waals surface area contributed by atoms with Crippen LogP contribution < -0.4 is 0 Å². The molecule has 0 aromatic heterocycles. The number of carboxylic acid groups (broad SMARTS) is 1. The molecule has 0 radical (unpaired) electrons. The fourth-order valence-corrected chi connectivity index (χ4v) is 3.33. The number of carbonyl (C=O) groups excluding carboxylic acids is 1. The Kier molecular flexibility index (Phi) is 4.83. The highest BCUT2D eigenvalue weighted by atomic mass is 19.1. The summed E-state index contributed by atoms with van der Waals surface area (Å²) in [5, 5.41) is 9.50. The molecule has 2 unspecified atom stereocenters. The second-order valence-electron chi connectivity index (χ2n) is 6.52. The van der Waals surface area contributed by atoms with E-state index in [4.69, 9.17) is 0 Å². The number of fused-ring (bicyclic) bond motifs is 1. The molecule has 0 saturated carbocycles. The van der Waals surface area contributed by atoms with Crippen molar-refractivity contribution >= 4 is 11.9 Å². The summed E-state index contributed by atoms with van der Waals surface area (Å²) in [5.74, 6) is -2.21. The number of hydrogen-bond acceptors (Lipinski definition) is 2. The van der Waals surface area contributed by atoms with Crippen molar-refractivity contribution in [3.8, 4) is 0 Å². The fraction of sp³-hybridized carbons (Fsp3) is 0.300. The highest BCUT2D eigenvalue weighted by molar-refractivity contribution is 5.82. The molecule has 2 aromatic rings. The van der Waals surface area contributed by atoms with Crippen LogP contribution in [0, 0.1) is 5.82 Å². The Balaban J connectivity index is 1.76. The quantitative estimate of drug-likeness (QED) is 0.925. The van der Waals surface area contributed by atoms with Crippen molar-refractivity contribution < 1.29 is 19.1 Å². The van der Waals surface area contributed by atoms with Crippen molar-refractivity contribution in [1.82, 2.24) is 4.90 Å². The first-order valence-electron chi connectivity index (χ1n) is 8.29. The lowest BCUT2D eigenvalue weighted by molar-refractivity contribution is -0.141. The molecule has 1 amide bonds. The van der Waals surface area contributed by atoms with Crippen LogP contribution in [-0.4, -0.2) is 28.4 Å². The molecule has 0 bridgehead atoms. The molecule has 1 heterocycles. The predicted octanol–water partition coefficient (Wildman–Crippen LogP) is 3.53. The van der Waals surface area contributed by atoms with Crippen molar-refractivity contribution in [3.05, 3.63) is 71.0 Å². The molecular formula is C20H20FNO3. The van der Waals surface area contributed by atoms with Gasteiger partial charge in [0.25, 0.3) is 0 Å². The van der Waals surface area contributed by atoms with Crippen LogP contribution in [-0.2, 0) is 16.1 Å². The number of benzene rings is 2. The van der Waals surface area contributed by atoms with E-state index in [1.807, 2.05) is 31.2 Å². The Bertz CT molecular complexity index is 805. The van der Waals surface area contributed by atoms with E-state index in [-0.39, 0.29) is 30.6 Å². The Hall–Kier alpha value is -2.69. The Morgan fingerprint density at radius 2 is 2.00 bits per heavy atom. The van der Waals surface area contributed by atoms with E-state index in [1.54, 1.807) is 17.0 Å². The van der Waals surface area contributed by atoms with Gasteiger partial charge in [-0.1, -0.05) is 43.3 Å². The average Bonchev–Trinajstić information content (AvgIpc) is 2.60.